The third kappa shape index (κ3) is 1.84. The summed E-state index contributed by atoms with van der Waals surface area (Å²) >= 11 is 0. The SMILES string of the molecule is C[B]c1ccc(CN)c(C)c1. The van der Waals surface area contributed by atoms with Crippen molar-refractivity contribution in [3.63, 3.8) is 0 Å². The van der Waals surface area contributed by atoms with E-state index in [2.05, 4.69) is 32.4 Å². The lowest BCUT2D eigenvalue weighted by Crippen LogP contribution is -2.12. The molecule has 0 heterocycles. The first-order valence-electron chi connectivity index (χ1n) is 3.87. The van der Waals surface area contributed by atoms with E-state index in [0.717, 1.165) is 0 Å². The quantitative estimate of drug-likeness (QED) is 0.614. The molecule has 11 heavy (non-hydrogen) atoms. The number of hydrogen-bond acceptors (Lipinski definition) is 1. The van der Waals surface area contributed by atoms with E-state index in [0.29, 0.717) is 6.54 Å². The van der Waals surface area contributed by atoms with E-state index in [1.54, 1.807) is 0 Å². The second kappa shape index (κ2) is 3.58. The molecule has 2 heteroatoms. The molecule has 2 N–H and O–H groups in total. The summed E-state index contributed by atoms with van der Waals surface area (Å²) in [7, 11) is 2.09. The topological polar surface area (TPSA) is 26.0 Å². The molecule has 0 atom stereocenters. The van der Waals surface area contributed by atoms with Gasteiger partial charge in [0.05, 0.1) is 0 Å². The summed E-state index contributed by atoms with van der Waals surface area (Å²) < 4.78 is 0. The fourth-order valence-corrected chi connectivity index (χ4v) is 1.13. The van der Waals surface area contributed by atoms with Crippen molar-refractivity contribution in [1.29, 1.82) is 0 Å². The fourth-order valence-electron chi connectivity index (χ4n) is 1.13. The molecule has 1 aromatic rings. The standard InChI is InChI=1S/C9H13BN/c1-7-5-9(10-2)4-3-8(7)6-11/h3-5H,6,11H2,1-2H3. The summed E-state index contributed by atoms with van der Waals surface area (Å²) in [6.07, 6.45) is 0. The lowest BCUT2D eigenvalue weighted by molar-refractivity contribution is 1.05. The van der Waals surface area contributed by atoms with Gasteiger partial charge in [0.1, 0.15) is 7.28 Å². The predicted octanol–water partition coefficient (Wildman–Crippen LogP) is 0.831. The van der Waals surface area contributed by atoms with Crippen LogP contribution in [0.25, 0.3) is 0 Å². The van der Waals surface area contributed by atoms with E-state index in [1.165, 1.54) is 16.6 Å². The van der Waals surface area contributed by atoms with Gasteiger partial charge in [0.25, 0.3) is 0 Å². The first kappa shape index (κ1) is 8.34. The van der Waals surface area contributed by atoms with Crippen molar-refractivity contribution in [2.24, 2.45) is 5.73 Å². The number of nitrogens with two attached hydrogens (primary N) is 1. The maximum absolute atomic E-state index is 5.53. The molecule has 0 saturated carbocycles. The van der Waals surface area contributed by atoms with Crippen LogP contribution in [0.15, 0.2) is 18.2 Å². The van der Waals surface area contributed by atoms with Gasteiger partial charge in [-0.1, -0.05) is 30.5 Å². The number of hydrogen-bond donors (Lipinski definition) is 1. The molecule has 0 aromatic heterocycles. The van der Waals surface area contributed by atoms with Crippen LogP contribution in [-0.4, -0.2) is 7.28 Å². The summed E-state index contributed by atoms with van der Waals surface area (Å²) in [5.41, 5.74) is 9.31. The first-order valence-corrected chi connectivity index (χ1v) is 3.87. The Hall–Kier alpha value is -0.755. The molecule has 1 nitrogen and oxygen atoms in total. The molecule has 0 aliphatic carbocycles. The molecule has 0 fully saturated rings. The van der Waals surface area contributed by atoms with Crippen molar-refractivity contribution in [3.8, 4) is 0 Å². The Balaban J connectivity index is 2.99. The number of benzene rings is 1. The van der Waals surface area contributed by atoms with Gasteiger partial charge in [-0.05, 0) is 18.1 Å². The summed E-state index contributed by atoms with van der Waals surface area (Å²) in [5.74, 6) is 0. The highest BCUT2D eigenvalue weighted by Crippen LogP contribution is 2.03. The molecule has 1 rings (SSSR count). The molecular formula is C9H13BN. The Morgan fingerprint density at radius 2 is 2.18 bits per heavy atom. The summed E-state index contributed by atoms with van der Waals surface area (Å²) in [4.78, 5) is 0. The third-order valence-corrected chi connectivity index (χ3v) is 1.92. The van der Waals surface area contributed by atoms with Crippen LogP contribution in [0.4, 0.5) is 0 Å². The van der Waals surface area contributed by atoms with Gasteiger partial charge in [-0.2, -0.15) is 0 Å². The van der Waals surface area contributed by atoms with Crippen molar-refractivity contribution in [3.05, 3.63) is 29.3 Å². The van der Waals surface area contributed by atoms with Gasteiger partial charge in [-0.25, -0.2) is 0 Å². The molecule has 57 valence electrons. The molecule has 0 spiro atoms. The van der Waals surface area contributed by atoms with Crippen LogP contribution in [0, 0.1) is 6.92 Å². The molecule has 0 bridgehead atoms. The number of rotatable bonds is 2. The van der Waals surface area contributed by atoms with Gasteiger partial charge in [0, 0.05) is 6.54 Å². The Bertz CT molecular complexity index is 245. The molecular weight excluding hydrogens is 133 g/mol. The highest BCUT2D eigenvalue weighted by Gasteiger charge is 1.96. The van der Waals surface area contributed by atoms with Crippen LogP contribution in [0.1, 0.15) is 11.1 Å². The minimum atomic E-state index is 0.635. The molecule has 0 unspecified atom stereocenters. The van der Waals surface area contributed by atoms with E-state index in [4.69, 9.17) is 5.73 Å². The summed E-state index contributed by atoms with van der Waals surface area (Å²) in [6, 6.07) is 6.34. The van der Waals surface area contributed by atoms with Crippen LogP contribution < -0.4 is 11.2 Å². The average Bonchev–Trinajstić information content (AvgIpc) is 2.04. The van der Waals surface area contributed by atoms with Gasteiger partial charge in [-0.3, -0.25) is 0 Å². The monoisotopic (exact) mass is 146 g/mol. The zero-order chi connectivity index (χ0) is 8.27. The minimum absolute atomic E-state index is 0.635. The lowest BCUT2D eigenvalue weighted by Gasteiger charge is -2.03. The zero-order valence-corrected chi connectivity index (χ0v) is 7.09. The van der Waals surface area contributed by atoms with Crippen molar-refractivity contribution < 1.29 is 0 Å². The first-order chi connectivity index (χ1) is 5.27. The second-order valence-corrected chi connectivity index (χ2v) is 2.68. The Morgan fingerprint density at radius 1 is 1.45 bits per heavy atom. The van der Waals surface area contributed by atoms with Crippen molar-refractivity contribution in [1.82, 2.24) is 0 Å². The Kier molecular flexibility index (Phi) is 2.72. The third-order valence-electron chi connectivity index (χ3n) is 1.92. The van der Waals surface area contributed by atoms with Crippen LogP contribution in [-0.2, 0) is 6.54 Å². The largest absolute Gasteiger partial charge is 0.326 e. The van der Waals surface area contributed by atoms with Crippen LogP contribution >= 0.6 is 0 Å². The molecule has 0 saturated heterocycles. The molecule has 0 amide bonds. The lowest BCUT2D eigenvalue weighted by atomic mass is 9.72. The predicted molar refractivity (Wildman–Crippen MR) is 50.3 cm³/mol. The normalized spacial score (nSPS) is 9.73. The second-order valence-electron chi connectivity index (χ2n) is 2.68. The zero-order valence-electron chi connectivity index (χ0n) is 7.09. The van der Waals surface area contributed by atoms with Gasteiger partial charge in [-0.15, -0.1) is 0 Å². The molecule has 1 radical (unpaired) electrons. The van der Waals surface area contributed by atoms with Crippen LogP contribution in [0.5, 0.6) is 0 Å². The van der Waals surface area contributed by atoms with Gasteiger partial charge in [0.2, 0.25) is 0 Å². The number of aryl methyl sites for hydroxylation is 1. The van der Waals surface area contributed by atoms with E-state index in [9.17, 15) is 0 Å². The maximum Gasteiger partial charge on any atom is 0.148 e. The van der Waals surface area contributed by atoms with E-state index in [1.807, 2.05) is 6.82 Å². The average molecular weight is 146 g/mol. The van der Waals surface area contributed by atoms with Crippen molar-refractivity contribution in [2.45, 2.75) is 20.3 Å². The van der Waals surface area contributed by atoms with Gasteiger partial charge in [0.15, 0.2) is 0 Å². The highest BCUT2D eigenvalue weighted by molar-refractivity contribution is 6.51. The van der Waals surface area contributed by atoms with Crippen molar-refractivity contribution in [2.75, 3.05) is 0 Å². The van der Waals surface area contributed by atoms with E-state index >= 15 is 0 Å². The highest BCUT2D eigenvalue weighted by atomic mass is 14.5. The van der Waals surface area contributed by atoms with Gasteiger partial charge < -0.3 is 5.73 Å². The smallest absolute Gasteiger partial charge is 0.148 e. The van der Waals surface area contributed by atoms with Gasteiger partial charge >= 0.3 is 0 Å². The minimum Gasteiger partial charge on any atom is -0.326 e. The van der Waals surface area contributed by atoms with E-state index in [-0.39, 0.29) is 0 Å². The van der Waals surface area contributed by atoms with Crippen molar-refractivity contribution >= 4 is 12.7 Å². The maximum atomic E-state index is 5.53. The molecule has 1 aromatic carbocycles. The summed E-state index contributed by atoms with van der Waals surface area (Å²) in [6.45, 7) is 4.77. The summed E-state index contributed by atoms with van der Waals surface area (Å²) in [5, 5.41) is 0. The Morgan fingerprint density at radius 3 is 2.64 bits per heavy atom. The fraction of sp³-hybridized carbons (Fsp3) is 0.333. The van der Waals surface area contributed by atoms with E-state index < -0.39 is 0 Å². The van der Waals surface area contributed by atoms with Crippen LogP contribution in [0.3, 0.4) is 0 Å². The van der Waals surface area contributed by atoms with Crippen LogP contribution in [0.2, 0.25) is 6.82 Å². The Labute approximate surface area is 68.9 Å². The molecule has 0 aliphatic heterocycles. The molecule has 0 aliphatic rings.